The molecule has 0 amide bonds. The van der Waals surface area contributed by atoms with E-state index < -0.39 is 11.1 Å². The number of benzene rings is 1. The molecule has 0 radical (unpaired) electrons. The van der Waals surface area contributed by atoms with Crippen LogP contribution >= 0.6 is 11.6 Å². The average molecular weight is 540 g/mol. The van der Waals surface area contributed by atoms with Gasteiger partial charge in [-0.1, -0.05) is 36.7 Å². The van der Waals surface area contributed by atoms with Crippen LogP contribution in [-0.2, 0) is 30.5 Å². The summed E-state index contributed by atoms with van der Waals surface area (Å²) in [6.07, 6.45) is 9.83. The first-order valence-electron chi connectivity index (χ1n) is 14.1. The van der Waals surface area contributed by atoms with Crippen LogP contribution in [0.4, 0.5) is 10.2 Å². The summed E-state index contributed by atoms with van der Waals surface area (Å²) >= 11 is 6.83. The molecule has 2 aliphatic heterocycles. The molecular weight excluding hydrogens is 509 g/mol. The van der Waals surface area contributed by atoms with Gasteiger partial charge in [-0.15, -0.1) is 0 Å². The quantitative estimate of drug-likeness (QED) is 0.301. The highest BCUT2D eigenvalue weighted by Gasteiger charge is 2.52. The van der Waals surface area contributed by atoms with Gasteiger partial charge in [0.25, 0.3) is 0 Å². The molecule has 39 heavy (non-hydrogen) atoms. The molecule has 5 heterocycles. The van der Waals surface area contributed by atoms with Crippen LogP contribution in [0, 0.1) is 0 Å². The second-order valence-electron chi connectivity index (χ2n) is 11.9. The number of H-pyrrole nitrogens is 1. The van der Waals surface area contributed by atoms with Crippen molar-refractivity contribution in [3.8, 4) is 5.69 Å². The molecule has 1 fully saturated rings. The number of para-hydroxylation sites is 1. The summed E-state index contributed by atoms with van der Waals surface area (Å²) in [7, 11) is 0. The number of nitrogens with zero attached hydrogens (tertiary/aromatic N) is 4. The van der Waals surface area contributed by atoms with Gasteiger partial charge < -0.3 is 9.88 Å². The van der Waals surface area contributed by atoms with Crippen molar-refractivity contribution in [2.75, 3.05) is 11.4 Å². The smallest absolute Gasteiger partial charge is 0.166 e. The molecule has 1 N–H and O–H groups in total. The Balaban J connectivity index is 1.35. The fourth-order valence-electron chi connectivity index (χ4n) is 7.32. The molecule has 198 valence electrons. The predicted molar refractivity (Wildman–Crippen MR) is 153 cm³/mol. The van der Waals surface area contributed by atoms with Crippen LogP contribution in [0.3, 0.4) is 0 Å². The summed E-state index contributed by atoms with van der Waals surface area (Å²) in [5.74, 6) is 1.45. The summed E-state index contributed by atoms with van der Waals surface area (Å²) < 4.78 is 18.4. The molecule has 2 aliphatic carbocycles. The number of fused-ring (bicyclic) bond motifs is 10. The van der Waals surface area contributed by atoms with E-state index in [4.69, 9.17) is 21.7 Å². The van der Waals surface area contributed by atoms with Crippen LogP contribution < -0.4 is 4.90 Å². The van der Waals surface area contributed by atoms with Crippen molar-refractivity contribution in [1.82, 2.24) is 19.7 Å². The minimum atomic E-state index is -1.60. The Labute approximate surface area is 232 Å². The molecule has 7 heteroatoms. The van der Waals surface area contributed by atoms with E-state index in [2.05, 4.69) is 52.7 Å². The molecule has 5 nitrogen and oxygen atoms in total. The molecule has 0 bridgehead atoms. The number of hydrogen-bond acceptors (Lipinski definition) is 3. The molecule has 0 saturated heterocycles. The minimum absolute atomic E-state index is 0.559. The van der Waals surface area contributed by atoms with Gasteiger partial charge in [-0.2, -0.15) is 5.10 Å². The van der Waals surface area contributed by atoms with Gasteiger partial charge in [-0.25, -0.2) is 14.1 Å². The number of aromatic nitrogens is 4. The Kier molecular flexibility index (Phi) is 4.73. The fraction of sp³-hybridized carbons (Fsp3) is 0.375. The third-order valence-electron chi connectivity index (χ3n) is 9.43. The lowest BCUT2D eigenvalue weighted by atomic mass is 9.62. The molecular formula is C32H31ClFN5. The van der Waals surface area contributed by atoms with Crippen LogP contribution in [-0.4, -0.2) is 26.3 Å². The van der Waals surface area contributed by atoms with Crippen LogP contribution in [0.5, 0.6) is 0 Å². The van der Waals surface area contributed by atoms with Gasteiger partial charge in [-0.3, -0.25) is 0 Å². The highest BCUT2D eigenvalue weighted by Crippen LogP contribution is 2.58. The Bertz CT molecular complexity index is 1710. The van der Waals surface area contributed by atoms with Crippen molar-refractivity contribution >= 4 is 23.0 Å². The lowest BCUT2D eigenvalue weighted by Crippen LogP contribution is -2.41. The van der Waals surface area contributed by atoms with Gasteiger partial charge >= 0.3 is 0 Å². The van der Waals surface area contributed by atoms with E-state index >= 15 is 4.39 Å². The maximum absolute atomic E-state index is 16.2. The van der Waals surface area contributed by atoms with Crippen molar-refractivity contribution in [3.63, 3.8) is 0 Å². The molecule has 2 atom stereocenters. The number of pyridine rings is 1. The van der Waals surface area contributed by atoms with Crippen LogP contribution in [0.1, 0.15) is 84.4 Å². The van der Waals surface area contributed by atoms with E-state index in [0.29, 0.717) is 23.2 Å². The number of nitrogens with one attached hydrogen (secondary N) is 1. The predicted octanol–water partition coefficient (Wildman–Crippen LogP) is 7.15. The van der Waals surface area contributed by atoms with E-state index in [1.807, 2.05) is 24.5 Å². The molecule has 1 saturated carbocycles. The van der Waals surface area contributed by atoms with Crippen molar-refractivity contribution < 1.29 is 4.39 Å². The fourth-order valence-corrected chi connectivity index (χ4v) is 7.61. The lowest BCUT2D eigenvalue weighted by molar-refractivity contribution is 0.248. The average Bonchev–Trinajstić information content (AvgIpc) is 3.50. The summed E-state index contributed by atoms with van der Waals surface area (Å²) in [5, 5.41) is 5.99. The van der Waals surface area contributed by atoms with Crippen LogP contribution in [0.25, 0.3) is 11.3 Å². The Morgan fingerprint density at radius 2 is 2.05 bits per heavy atom. The zero-order valence-electron chi connectivity index (χ0n) is 22.5. The van der Waals surface area contributed by atoms with E-state index in [1.54, 1.807) is 6.92 Å². The van der Waals surface area contributed by atoms with E-state index in [0.717, 1.165) is 59.0 Å². The summed E-state index contributed by atoms with van der Waals surface area (Å²) in [6, 6.07) is 10.5. The number of allylic oxidation sites excluding steroid dienone is 2. The Morgan fingerprint density at radius 3 is 2.82 bits per heavy atom. The maximum atomic E-state index is 16.2. The molecule has 0 spiro atoms. The van der Waals surface area contributed by atoms with Crippen LogP contribution in [0.15, 0.2) is 48.8 Å². The van der Waals surface area contributed by atoms with Gasteiger partial charge in [0.1, 0.15) is 5.82 Å². The molecule has 8 rings (SSSR count). The van der Waals surface area contributed by atoms with Crippen LogP contribution in [0.2, 0.25) is 5.02 Å². The molecule has 1 aromatic carbocycles. The van der Waals surface area contributed by atoms with Crippen molar-refractivity contribution in [1.29, 1.82) is 0 Å². The lowest BCUT2D eigenvalue weighted by Gasteiger charge is -2.45. The highest BCUT2D eigenvalue weighted by atomic mass is 35.5. The number of aromatic amines is 1. The number of halogens is 2. The highest BCUT2D eigenvalue weighted by molar-refractivity contribution is 6.33. The van der Waals surface area contributed by atoms with Gasteiger partial charge in [0.2, 0.25) is 0 Å². The second-order valence-corrected chi connectivity index (χ2v) is 12.3. The Hall–Kier alpha value is -3.38. The standard InChI is InChI=1S/C32H31ClFN5/c1-4-18-6-5-7-21-24-15-31(2,34)28-23(10-12-35-28)32(24,3)29-22-17-38(13-11-26(22)37-39(29)27(18)21)30-25(33)14-20(16-36-30)19-8-9-19/h5-7,10,12,14-16,19,35H,4,8-9,11,13,17H2,1-3H3. The normalized spacial score (nSPS) is 24.8. The van der Waals surface area contributed by atoms with Gasteiger partial charge in [0.05, 0.1) is 33.2 Å². The molecule has 2 unspecified atom stereocenters. The Morgan fingerprint density at radius 1 is 1.21 bits per heavy atom. The van der Waals surface area contributed by atoms with E-state index in [1.165, 1.54) is 29.5 Å². The molecule has 4 aromatic rings. The third kappa shape index (κ3) is 3.12. The first-order chi connectivity index (χ1) is 18.8. The van der Waals surface area contributed by atoms with E-state index in [-0.39, 0.29) is 0 Å². The number of alkyl halides is 1. The van der Waals surface area contributed by atoms with Crippen molar-refractivity contribution in [2.24, 2.45) is 0 Å². The number of hydrogen-bond donors (Lipinski definition) is 1. The van der Waals surface area contributed by atoms with Gasteiger partial charge in [0.15, 0.2) is 5.67 Å². The monoisotopic (exact) mass is 539 g/mol. The summed E-state index contributed by atoms with van der Waals surface area (Å²) in [5.41, 5.74) is 8.51. The largest absolute Gasteiger partial charge is 0.362 e. The van der Waals surface area contributed by atoms with Gasteiger partial charge in [-0.05, 0) is 79.5 Å². The topological polar surface area (TPSA) is 49.7 Å². The van der Waals surface area contributed by atoms with Gasteiger partial charge in [0, 0.05) is 43.0 Å². The number of aryl methyl sites for hydroxylation is 1. The summed E-state index contributed by atoms with van der Waals surface area (Å²) in [4.78, 5) is 10.4. The number of rotatable bonds is 3. The number of anilines is 1. The van der Waals surface area contributed by atoms with Crippen molar-refractivity contribution in [2.45, 2.75) is 70.0 Å². The minimum Gasteiger partial charge on any atom is -0.362 e. The second kappa shape index (κ2) is 7.85. The molecule has 4 aliphatic rings. The van der Waals surface area contributed by atoms with E-state index in [9.17, 15) is 0 Å². The zero-order valence-corrected chi connectivity index (χ0v) is 23.2. The first kappa shape index (κ1) is 23.5. The van der Waals surface area contributed by atoms with Crippen molar-refractivity contribution in [3.05, 3.63) is 98.7 Å². The molecule has 3 aromatic heterocycles. The zero-order chi connectivity index (χ0) is 26.7. The first-order valence-corrected chi connectivity index (χ1v) is 14.4. The summed E-state index contributed by atoms with van der Waals surface area (Å²) in [6.45, 7) is 7.54. The third-order valence-corrected chi connectivity index (χ3v) is 9.71. The maximum Gasteiger partial charge on any atom is 0.166 e. The SMILES string of the molecule is CCc1cccc2c1-n1nc3c(c1C1(C)C2=CC(C)(F)c2[nH]ccc21)CN(c1ncc(C2CC2)cc1Cl)CC3.